The largest absolute Gasteiger partial charge is 0.481 e. The lowest BCUT2D eigenvalue weighted by Crippen LogP contribution is -2.44. The molecule has 1 unspecified atom stereocenters. The minimum absolute atomic E-state index is 0.150. The zero-order chi connectivity index (χ0) is 17.7. The van der Waals surface area contributed by atoms with Crippen LogP contribution in [0.15, 0.2) is 24.3 Å². The number of piperidine rings is 1. The Balaban J connectivity index is 2.03. The van der Waals surface area contributed by atoms with E-state index in [4.69, 9.17) is 5.11 Å². The van der Waals surface area contributed by atoms with Crippen LogP contribution in [0.1, 0.15) is 44.7 Å². The summed E-state index contributed by atoms with van der Waals surface area (Å²) in [6, 6.07) is 5.58. The number of carboxylic acid groups (broad SMARTS) is 1. The van der Waals surface area contributed by atoms with Gasteiger partial charge in [-0.05, 0) is 45.8 Å². The Bertz CT molecular complexity index is 583. The third-order valence-electron chi connectivity index (χ3n) is 4.61. The molecule has 5 nitrogen and oxygen atoms in total. The molecule has 0 saturated carbocycles. The summed E-state index contributed by atoms with van der Waals surface area (Å²) in [7, 11) is 0. The molecule has 1 atom stereocenters. The van der Waals surface area contributed by atoms with Gasteiger partial charge in [0, 0.05) is 17.5 Å². The molecule has 0 radical (unpaired) electrons. The molecule has 0 spiro atoms. The summed E-state index contributed by atoms with van der Waals surface area (Å²) in [6.45, 7) is 5.95. The Morgan fingerprint density at radius 2 is 1.92 bits per heavy atom. The number of nitrogens with one attached hydrogen (secondary N) is 1. The van der Waals surface area contributed by atoms with Crippen LogP contribution in [0.4, 0.5) is 4.39 Å². The maximum Gasteiger partial charge on any atom is 0.305 e. The molecule has 24 heavy (non-hydrogen) atoms. The summed E-state index contributed by atoms with van der Waals surface area (Å²) >= 11 is 0. The highest BCUT2D eigenvalue weighted by molar-refractivity contribution is 5.80. The molecule has 2 rings (SSSR count). The van der Waals surface area contributed by atoms with Crippen molar-refractivity contribution < 1.29 is 19.1 Å². The van der Waals surface area contributed by atoms with E-state index in [1.807, 2.05) is 0 Å². The molecule has 1 saturated heterocycles. The molecule has 2 N–H and O–H groups in total. The molecule has 1 heterocycles. The first-order valence-electron chi connectivity index (χ1n) is 8.39. The van der Waals surface area contributed by atoms with Crippen LogP contribution in [0.2, 0.25) is 0 Å². The lowest BCUT2D eigenvalue weighted by molar-refractivity contribution is -0.138. The molecular weight excluding hydrogens is 311 g/mol. The predicted octanol–water partition coefficient (Wildman–Crippen LogP) is 2.58. The van der Waals surface area contributed by atoms with Crippen LogP contribution < -0.4 is 5.32 Å². The number of halogens is 1. The lowest BCUT2D eigenvalue weighted by atomic mass is 9.94. The number of amides is 1. The smallest absolute Gasteiger partial charge is 0.305 e. The second-order valence-electron chi connectivity index (χ2n) is 6.58. The Morgan fingerprint density at radius 3 is 2.46 bits per heavy atom. The van der Waals surface area contributed by atoms with E-state index in [-0.39, 0.29) is 23.8 Å². The maximum atomic E-state index is 14.0. The number of carbonyl (C=O) groups is 2. The molecule has 0 aliphatic carbocycles. The maximum absolute atomic E-state index is 14.0. The fourth-order valence-corrected chi connectivity index (χ4v) is 3.14. The SMILES string of the molecule is CC(C)N1CCC(C(=O)NC(CC(=O)O)c2ccccc2F)CC1. The summed E-state index contributed by atoms with van der Waals surface area (Å²) in [5, 5.41) is 11.8. The van der Waals surface area contributed by atoms with Gasteiger partial charge in [-0.15, -0.1) is 0 Å². The van der Waals surface area contributed by atoms with Crippen LogP contribution >= 0.6 is 0 Å². The van der Waals surface area contributed by atoms with E-state index in [1.165, 1.54) is 12.1 Å². The Kier molecular flexibility index (Phi) is 6.31. The highest BCUT2D eigenvalue weighted by Gasteiger charge is 2.29. The number of carboxylic acids is 1. The summed E-state index contributed by atoms with van der Waals surface area (Å²) in [6.07, 6.45) is 1.14. The fourth-order valence-electron chi connectivity index (χ4n) is 3.14. The van der Waals surface area contributed by atoms with Crippen LogP contribution in [-0.2, 0) is 9.59 Å². The molecule has 132 valence electrons. The van der Waals surface area contributed by atoms with E-state index in [0.29, 0.717) is 6.04 Å². The Morgan fingerprint density at radius 1 is 1.29 bits per heavy atom. The number of aliphatic carboxylic acids is 1. The van der Waals surface area contributed by atoms with Crippen molar-refractivity contribution in [2.75, 3.05) is 13.1 Å². The van der Waals surface area contributed by atoms with Gasteiger partial charge >= 0.3 is 5.97 Å². The van der Waals surface area contributed by atoms with E-state index >= 15 is 0 Å². The number of hydrogen-bond acceptors (Lipinski definition) is 3. The van der Waals surface area contributed by atoms with E-state index in [0.717, 1.165) is 25.9 Å². The van der Waals surface area contributed by atoms with Crippen molar-refractivity contribution in [2.45, 2.75) is 45.2 Å². The number of nitrogens with zero attached hydrogens (tertiary/aromatic N) is 1. The number of benzene rings is 1. The van der Waals surface area contributed by atoms with Gasteiger partial charge in [0.2, 0.25) is 5.91 Å². The molecule has 1 aromatic rings. The normalized spacial score (nSPS) is 17.7. The van der Waals surface area contributed by atoms with Crippen LogP contribution in [0.5, 0.6) is 0 Å². The predicted molar refractivity (Wildman–Crippen MR) is 89.0 cm³/mol. The highest BCUT2D eigenvalue weighted by atomic mass is 19.1. The first-order chi connectivity index (χ1) is 11.4. The number of hydrogen-bond donors (Lipinski definition) is 2. The molecule has 1 fully saturated rings. The molecule has 1 aromatic carbocycles. The third kappa shape index (κ3) is 4.77. The van der Waals surface area contributed by atoms with Crippen LogP contribution in [0.25, 0.3) is 0 Å². The van der Waals surface area contributed by atoms with Gasteiger partial charge in [0.05, 0.1) is 12.5 Å². The first-order valence-corrected chi connectivity index (χ1v) is 8.39. The quantitative estimate of drug-likeness (QED) is 0.838. The molecule has 6 heteroatoms. The van der Waals surface area contributed by atoms with Crippen molar-refractivity contribution >= 4 is 11.9 Å². The average molecular weight is 336 g/mol. The minimum atomic E-state index is -1.07. The average Bonchev–Trinajstić information content (AvgIpc) is 2.54. The van der Waals surface area contributed by atoms with E-state index in [2.05, 4.69) is 24.1 Å². The van der Waals surface area contributed by atoms with Crippen molar-refractivity contribution in [2.24, 2.45) is 5.92 Å². The summed E-state index contributed by atoms with van der Waals surface area (Å²) in [5.41, 5.74) is 0.216. The van der Waals surface area contributed by atoms with Gasteiger partial charge in [-0.1, -0.05) is 18.2 Å². The number of carbonyl (C=O) groups excluding carboxylic acids is 1. The molecular formula is C18H25FN2O3. The monoisotopic (exact) mass is 336 g/mol. The lowest BCUT2D eigenvalue weighted by Gasteiger charge is -2.34. The summed E-state index contributed by atoms with van der Waals surface area (Å²) in [4.78, 5) is 25.9. The topological polar surface area (TPSA) is 69.6 Å². The van der Waals surface area contributed by atoms with Gasteiger partial charge in [0.15, 0.2) is 0 Å². The third-order valence-corrected chi connectivity index (χ3v) is 4.61. The Labute approximate surface area is 141 Å². The Hall–Kier alpha value is -1.95. The molecule has 1 amide bonds. The van der Waals surface area contributed by atoms with Gasteiger partial charge in [-0.3, -0.25) is 9.59 Å². The van der Waals surface area contributed by atoms with Gasteiger partial charge in [0.1, 0.15) is 5.82 Å². The van der Waals surface area contributed by atoms with Crippen molar-refractivity contribution in [3.8, 4) is 0 Å². The van der Waals surface area contributed by atoms with Gasteiger partial charge in [0.25, 0.3) is 0 Å². The van der Waals surface area contributed by atoms with E-state index < -0.39 is 17.8 Å². The minimum Gasteiger partial charge on any atom is -0.481 e. The van der Waals surface area contributed by atoms with Crippen LogP contribution in [-0.4, -0.2) is 41.0 Å². The van der Waals surface area contributed by atoms with Crippen molar-refractivity contribution in [1.29, 1.82) is 0 Å². The zero-order valence-electron chi connectivity index (χ0n) is 14.2. The first kappa shape index (κ1) is 18.4. The standard InChI is InChI=1S/C18H25FN2O3/c1-12(2)21-9-7-13(8-10-21)18(24)20-16(11-17(22)23)14-5-3-4-6-15(14)19/h3-6,12-13,16H,7-11H2,1-2H3,(H,20,24)(H,22,23). The van der Waals surface area contributed by atoms with Crippen molar-refractivity contribution in [1.82, 2.24) is 10.2 Å². The number of likely N-dealkylation sites (tertiary alicyclic amines) is 1. The van der Waals surface area contributed by atoms with Crippen molar-refractivity contribution in [3.05, 3.63) is 35.6 Å². The van der Waals surface area contributed by atoms with Crippen LogP contribution in [0, 0.1) is 11.7 Å². The van der Waals surface area contributed by atoms with Gasteiger partial charge in [-0.2, -0.15) is 0 Å². The fraction of sp³-hybridized carbons (Fsp3) is 0.556. The van der Waals surface area contributed by atoms with E-state index in [9.17, 15) is 14.0 Å². The summed E-state index contributed by atoms with van der Waals surface area (Å²) in [5.74, 6) is -1.91. The number of rotatable bonds is 6. The molecule has 0 bridgehead atoms. The molecule has 0 aromatic heterocycles. The second kappa shape index (κ2) is 8.24. The van der Waals surface area contributed by atoms with Crippen molar-refractivity contribution in [3.63, 3.8) is 0 Å². The second-order valence-corrected chi connectivity index (χ2v) is 6.58. The zero-order valence-corrected chi connectivity index (χ0v) is 14.2. The van der Waals surface area contributed by atoms with Crippen LogP contribution in [0.3, 0.4) is 0 Å². The molecule has 1 aliphatic rings. The van der Waals surface area contributed by atoms with Gasteiger partial charge < -0.3 is 15.3 Å². The summed E-state index contributed by atoms with van der Waals surface area (Å²) < 4.78 is 14.0. The van der Waals surface area contributed by atoms with Gasteiger partial charge in [-0.25, -0.2) is 4.39 Å². The van der Waals surface area contributed by atoms with E-state index in [1.54, 1.807) is 12.1 Å². The highest BCUT2D eigenvalue weighted by Crippen LogP contribution is 2.24. The molecule has 1 aliphatic heterocycles.